The minimum atomic E-state index is -5.01. The fourth-order valence-electron chi connectivity index (χ4n) is 1.23. The van der Waals surface area contributed by atoms with Gasteiger partial charge in [0.2, 0.25) is 0 Å². The van der Waals surface area contributed by atoms with Crippen molar-refractivity contribution in [1.82, 2.24) is 0 Å². The van der Waals surface area contributed by atoms with E-state index in [-0.39, 0.29) is 11.1 Å². The Labute approximate surface area is 89.3 Å². The molecule has 0 bridgehead atoms. The van der Waals surface area contributed by atoms with Crippen molar-refractivity contribution in [3.05, 3.63) is 35.1 Å². The average molecular weight is 235 g/mol. The topological polar surface area (TPSA) is 26.3 Å². The Hall–Kier alpha value is -1.53. The van der Waals surface area contributed by atoms with Crippen molar-refractivity contribution in [1.29, 1.82) is 0 Å². The molecule has 0 spiro atoms. The summed E-state index contributed by atoms with van der Waals surface area (Å²) in [5.41, 5.74) is -0.585. The molecule has 0 radical (unpaired) electrons. The van der Waals surface area contributed by atoms with Crippen LogP contribution in [0.25, 0.3) is 0 Å². The van der Waals surface area contributed by atoms with Gasteiger partial charge in [-0.15, -0.1) is 0 Å². The van der Waals surface area contributed by atoms with Gasteiger partial charge in [-0.05, 0) is 12.1 Å². The summed E-state index contributed by atoms with van der Waals surface area (Å²) in [7, 11) is 1.06. The van der Waals surface area contributed by atoms with E-state index in [1.807, 2.05) is 0 Å². The van der Waals surface area contributed by atoms with Gasteiger partial charge >= 0.3 is 12.9 Å². The van der Waals surface area contributed by atoms with Crippen LogP contribution in [0, 0.1) is 5.82 Å². The van der Waals surface area contributed by atoms with E-state index in [1.165, 1.54) is 0 Å². The van der Waals surface area contributed by atoms with Gasteiger partial charge in [-0.25, -0.2) is 9.18 Å². The highest BCUT2D eigenvalue weighted by Crippen LogP contribution is 2.18. The van der Waals surface area contributed by atoms with E-state index in [2.05, 4.69) is 4.74 Å². The van der Waals surface area contributed by atoms with Gasteiger partial charge in [0.1, 0.15) is 5.82 Å². The monoisotopic (exact) mass is 235 g/mol. The average Bonchev–Trinajstić information content (AvgIpc) is 2.14. The SMILES string of the molecule is COC(=O)c1ccc(C[B-](F)(F)F)cc1F. The van der Waals surface area contributed by atoms with E-state index >= 15 is 0 Å². The largest absolute Gasteiger partial charge is 0.482 e. The molecule has 0 aliphatic rings. The lowest BCUT2D eigenvalue weighted by atomic mass is 9.81. The minimum Gasteiger partial charge on any atom is -0.465 e. The Balaban J connectivity index is 2.96. The molecular weight excluding hydrogens is 227 g/mol. The summed E-state index contributed by atoms with van der Waals surface area (Å²) < 4.78 is 53.6. The van der Waals surface area contributed by atoms with E-state index in [1.54, 1.807) is 0 Å². The van der Waals surface area contributed by atoms with Gasteiger partial charge in [-0.1, -0.05) is 17.9 Å². The first-order chi connectivity index (χ1) is 7.33. The molecule has 0 saturated carbocycles. The molecule has 88 valence electrons. The zero-order valence-corrected chi connectivity index (χ0v) is 8.34. The molecule has 2 nitrogen and oxygen atoms in total. The molecule has 1 rings (SSSR count). The van der Waals surface area contributed by atoms with Crippen LogP contribution in [0.4, 0.5) is 17.3 Å². The van der Waals surface area contributed by atoms with E-state index < -0.39 is 25.1 Å². The van der Waals surface area contributed by atoms with Gasteiger partial charge in [0, 0.05) is 0 Å². The number of carbonyl (C=O) groups excluding carboxylic acids is 1. The predicted octanol–water partition coefficient (Wildman–Crippen LogP) is 2.54. The number of benzene rings is 1. The number of methoxy groups -OCH3 is 1. The maximum Gasteiger partial charge on any atom is 0.482 e. The van der Waals surface area contributed by atoms with Crippen molar-refractivity contribution in [3.63, 3.8) is 0 Å². The lowest BCUT2D eigenvalue weighted by Crippen LogP contribution is -2.19. The van der Waals surface area contributed by atoms with Crippen LogP contribution in [-0.4, -0.2) is 20.1 Å². The number of esters is 1. The molecule has 1 aromatic rings. The Morgan fingerprint density at radius 1 is 1.38 bits per heavy atom. The van der Waals surface area contributed by atoms with Crippen molar-refractivity contribution in [2.45, 2.75) is 6.32 Å². The van der Waals surface area contributed by atoms with E-state index in [4.69, 9.17) is 0 Å². The van der Waals surface area contributed by atoms with Crippen LogP contribution in [0.2, 0.25) is 0 Å². The summed E-state index contributed by atoms with van der Waals surface area (Å²) in [6.45, 7) is -5.01. The molecule has 0 heterocycles. The standard InChI is InChI=1S/C9H8BF4O2/c1-16-9(15)7-3-2-6(4-8(7)11)5-10(12,13)14/h2-4H,5H2,1H3/q-1. The molecule has 0 aliphatic heterocycles. The predicted molar refractivity (Wildman–Crippen MR) is 50.5 cm³/mol. The molecule has 0 unspecified atom stereocenters. The zero-order valence-electron chi connectivity index (χ0n) is 8.34. The molecule has 16 heavy (non-hydrogen) atoms. The third kappa shape index (κ3) is 3.25. The van der Waals surface area contributed by atoms with Crippen molar-refractivity contribution in [3.8, 4) is 0 Å². The summed E-state index contributed by atoms with van der Waals surface area (Å²) >= 11 is 0. The third-order valence-corrected chi connectivity index (χ3v) is 1.91. The van der Waals surface area contributed by atoms with Crippen LogP contribution in [0.5, 0.6) is 0 Å². The second kappa shape index (κ2) is 4.55. The molecule has 0 fully saturated rings. The number of carbonyl (C=O) groups is 1. The number of hydrogen-bond donors (Lipinski definition) is 0. The number of ether oxygens (including phenoxy) is 1. The van der Waals surface area contributed by atoms with Crippen LogP contribution in [-0.2, 0) is 11.1 Å². The van der Waals surface area contributed by atoms with Crippen LogP contribution in [0.15, 0.2) is 18.2 Å². The van der Waals surface area contributed by atoms with Crippen molar-refractivity contribution in [2.24, 2.45) is 0 Å². The Morgan fingerprint density at radius 2 is 2.00 bits per heavy atom. The Bertz CT molecular complexity index is 403. The van der Waals surface area contributed by atoms with E-state index in [0.717, 1.165) is 19.2 Å². The number of rotatable bonds is 3. The second-order valence-electron chi connectivity index (χ2n) is 3.22. The highest BCUT2D eigenvalue weighted by atomic mass is 19.4. The third-order valence-electron chi connectivity index (χ3n) is 1.91. The highest BCUT2D eigenvalue weighted by Gasteiger charge is 2.24. The molecule has 1 aromatic carbocycles. The quantitative estimate of drug-likeness (QED) is 0.457. The van der Waals surface area contributed by atoms with Crippen LogP contribution in [0.3, 0.4) is 0 Å². The van der Waals surface area contributed by atoms with Crippen LogP contribution >= 0.6 is 0 Å². The van der Waals surface area contributed by atoms with Gasteiger partial charge in [0.25, 0.3) is 0 Å². The molecule has 0 aliphatic carbocycles. The van der Waals surface area contributed by atoms with E-state index in [9.17, 15) is 22.1 Å². The van der Waals surface area contributed by atoms with Gasteiger partial charge in [-0.2, -0.15) is 0 Å². The maximum atomic E-state index is 13.2. The van der Waals surface area contributed by atoms with Crippen LogP contribution < -0.4 is 0 Å². The lowest BCUT2D eigenvalue weighted by molar-refractivity contribution is 0.0595. The smallest absolute Gasteiger partial charge is 0.465 e. The molecule has 0 saturated heterocycles. The van der Waals surface area contributed by atoms with Gasteiger partial charge < -0.3 is 17.7 Å². The first-order valence-electron chi connectivity index (χ1n) is 4.41. The fraction of sp³-hybridized carbons (Fsp3) is 0.222. The van der Waals surface area contributed by atoms with E-state index in [0.29, 0.717) is 6.07 Å². The maximum absolute atomic E-state index is 13.2. The van der Waals surface area contributed by atoms with Crippen LogP contribution in [0.1, 0.15) is 15.9 Å². The molecular formula is C9H8BF4O2-. The summed E-state index contributed by atoms with van der Waals surface area (Å²) in [4.78, 5) is 11.0. The first kappa shape index (κ1) is 12.5. The normalized spacial score (nSPS) is 11.3. The summed E-state index contributed by atoms with van der Waals surface area (Å²) in [5.74, 6) is -1.93. The van der Waals surface area contributed by atoms with Gasteiger partial charge in [0.05, 0.1) is 12.7 Å². The van der Waals surface area contributed by atoms with Crippen molar-refractivity contribution < 1.29 is 26.9 Å². The molecule has 0 N–H and O–H groups in total. The fourth-order valence-corrected chi connectivity index (χ4v) is 1.23. The first-order valence-corrected chi connectivity index (χ1v) is 4.41. The number of hydrogen-bond acceptors (Lipinski definition) is 2. The highest BCUT2D eigenvalue weighted by molar-refractivity contribution is 6.57. The molecule has 7 heteroatoms. The number of halogens is 4. The Morgan fingerprint density at radius 3 is 2.44 bits per heavy atom. The van der Waals surface area contributed by atoms with Gasteiger partial charge in [0.15, 0.2) is 0 Å². The molecule has 0 amide bonds. The second-order valence-corrected chi connectivity index (χ2v) is 3.22. The zero-order chi connectivity index (χ0) is 12.3. The summed E-state index contributed by atoms with van der Waals surface area (Å²) in [5, 5.41) is 0. The summed E-state index contributed by atoms with van der Waals surface area (Å²) in [6, 6.07) is 2.74. The summed E-state index contributed by atoms with van der Waals surface area (Å²) in [6.07, 6.45) is -1.17. The molecule has 0 aromatic heterocycles. The van der Waals surface area contributed by atoms with Crippen molar-refractivity contribution >= 4 is 12.9 Å². The Kier molecular flexibility index (Phi) is 3.56. The minimum absolute atomic E-state index is 0.211. The van der Waals surface area contributed by atoms with Gasteiger partial charge in [-0.3, -0.25) is 0 Å². The van der Waals surface area contributed by atoms with Crippen molar-refractivity contribution in [2.75, 3.05) is 7.11 Å². The molecule has 0 atom stereocenters. The lowest BCUT2D eigenvalue weighted by Gasteiger charge is -2.13.